The van der Waals surface area contributed by atoms with Crippen molar-refractivity contribution in [2.24, 2.45) is 35.0 Å². The summed E-state index contributed by atoms with van der Waals surface area (Å²) in [7, 11) is 0. The summed E-state index contributed by atoms with van der Waals surface area (Å²) >= 11 is 0. The van der Waals surface area contributed by atoms with E-state index in [-0.39, 0.29) is 5.41 Å². The Hall–Kier alpha value is -0.330. The van der Waals surface area contributed by atoms with Gasteiger partial charge in [-0.1, -0.05) is 59.3 Å². The molecule has 0 spiro atoms. The van der Waals surface area contributed by atoms with Crippen molar-refractivity contribution < 1.29 is 4.79 Å². The second-order valence-electron chi connectivity index (χ2n) is 9.14. The minimum absolute atomic E-state index is 0.0625. The third-order valence-corrected chi connectivity index (χ3v) is 8.03. The Labute approximate surface area is 144 Å². The van der Waals surface area contributed by atoms with Gasteiger partial charge in [0.1, 0.15) is 5.78 Å². The first kappa shape index (κ1) is 17.5. The first-order chi connectivity index (χ1) is 11.1. The number of fused-ring (bicyclic) bond motifs is 3. The van der Waals surface area contributed by atoms with E-state index < -0.39 is 0 Å². The number of Topliss-reactive ketones (excluding diaryl/α,β-unsaturated/α-hetero) is 1. The summed E-state index contributed by atoms with van der Waals surface area (Å²) < 4.78 is 0. The summed E-state index contributed by atoms with van der Waals surface area (Å²) in [5.41, 5.74) is 0.0625. The first-order valence-corrected chi connectivity index (χ1v) is 10.6. The van der Waals surface area contributed by atoms with Crippen molar-refractivity contribution in [2.45, 2.75) is 97.8 Å². The molecule has 0 aromatic rings. The van der Waals surface area contributed by atoms with Gasteiger partial charge >= 0.3 is 0 Å². The van der Waals surface area contributed by atoms with Gasteiger partial charge < -0.3 is 0 Å². The Balaban J connectivity index is 1.72. The molecule has 0 radical (unpaired) electrons. The summed E-state index contributed by atoms with van der Waals surface area (Å²) in [5, 5.41) is 0. The Morgan fingerprint density at radius 3 is 2.52 bits per heavy atom. The molecule has 3 aliphatic carbocycles. The number of carbonyl (C=O) groups excluding carboxylic acids is 1. The fourth-order valence-corrected chi connectivity index (χ4v) is 6.80. The molecule has 1 nitrogen and oxygen atoms in total. The number of ketones is 1. The van der Waals surface area contributed by atoms with Crippen LogP contribution in [0.4, 0.5) is 0 Å². The number of unbranched alkanes of at least 4 members (excludes halogenated alkanes) is 2. The molecular formula is C22H38O. The van der Waals surface area contributed by atoms with E-state index in [9.17, 15) is 4.79 Å². The van der Waals surface area contributed by atoms with E-state index in [0.29, 0.717) is 5.78 Å². The van der Waals surface area contributed by atoms with E-state index in [4.69, 9.17) is 0 Å². The van der Waals surface area contributed by atoms with Crippen molar-refractivity contribution in [3.63, 3.8) is 0 Å². The molecule has 0 aliphatic heterocycles. The summed E-state index contributed by atoms with van der Waals surface area (Å²) in [6.07, 6.45) is 16.0. The highest BCUT2D eigenvalue weighted by Gasteiger charge is 2.56. The lowest BCUT2D eigenvalue weighted by Gasteiger charge is -2.53. The molecule has 0 N–H and O–H groups in total. The van der Waals surface area contributed by atoms with Gasteiger partial charge in [0.15, 0.2) is 0 Å². The van der Waals surface area contributed by atoms with Gasteiger partial charge in [-0.3, -0.25) is 4.79 Å². The second kappa shape index (κ2) is 7.28. The highest BCUT2D eigenvalue weighted by Crippen LogP contribution is 2.60. The average molecular weight is 319 g/mol. The summed E-state index contributed by atoms with van der Waals surface area (Å²) in [5.74, 6) is 5.10. The van der Waals surface area contributed by atoms with Gasteiger partial charge in [-0.15, -0.1) is 0 Å². The molecule has 0 amide bonds. The fourth-order valence-electron chi connectivity index (χ4n) is 6.80. The number of hydrogen-bond acceptors (Lipinski definition) is 1. The molecular weight excluding hydrogens is 280 g/mol. The van der Waals surface area contributed by atoms with Crippen molar-refractivity contribution in [1.29, 1.82) is 0 Å². The van der Waals surface area contributed by atoms with Crippen LogP contribution in [0.3, 0.4) is 0 Å². The van der Waals surface area contributed by atoms with Crippen LogP contribution in [-0.2, 0) is 4.79 Å². The van der Waals surface area contributed by atoms with E-state index in [2.05, 4.69) is 20.8 Å². The SMILES string of the molecule is CCCCCC1CCC2C(CCC3(C)C(=O)CCC23)C1CCC. The maximum Gasteiger partial charge on any atom is 0.139 e. The molecule has 23 heavy (non-hydrogen) atoms. The number of carbonyl (C=O) groups is 1. The normalized spacial score (nSPS) is 43.3. The zero-order valence-corrected chi connectivity index (χ0v) is 15.8. The molecule has 1 heteroatoms. The Bertz CT molecular complexity index is 414. The van der Waals surface area contributed by atoms with E-state index in [1.54, 1.807) is 0 Å². The molecule has 0 aromatic carbocycles. The minimum Gasteiger partial charge on any atom is -0.299 e. The van der Waals surface area contributed by atoms with E-state index in [0.717, 1.165) is 36.0 Å². The molecule has 3 rings (SSSR count). The molecule has 6 unspecified atom stereocenters. The quantitative estimate of drug-likeness (QED) is 0.517. The molecule has 0 heterocycles. The third kappa shape index (κ3) is 3.14. The van der Waals surface area contributed by atoms with Crippen molar-refractivity contribution in [1.82, 2.24) is 0 Å². The average Bonchev–Trinajstić information content (AvgIpc) is 2.85. The maximum atomic E-state index is 12.5. The summed E-state index contributed by atoms with van der Waals surface area (Å²) in [6, 6.07) is 0. The van der Waals surface area contributed by atoms with Gasteiger partial charge in [0, 0.05) is 11.8 Å². The van der Waals surface area contributed by atoms with Crippen LogP contribution in [0, 0.1) is 35.0 Å². The zero-order chi connectivity index (χ0) is 16.4. The Kier molecular flexibility index (Phi) is 5.53. The van der Waals surface area contributed by atoms with Gasteiger partial charge in [-0.2, -0.15) is 0 Å². The predicted octanol–water partition coefficient (Wildman–Crippen LogP) is 6.40. The zero-order valence-electron chi connectivity index (χ0n) is 15.8. The van der Waals surface area contributed by atoms with Crippen LogP contribution < -0.4 is 0 Å². The largest absolute Gasteiger partial charge is 0.299 e. The van der Waals surface area contributed by atoms with E-state index in [1.807, 2.05) is 0 Å². The number of hydrogen-bond donors (Lipinski definition) is 0. The van der Waals surface area contributed by atoms with Crippen LogP contribution in [0.5, 0.6) is 0 Å². The predicted molar refractivity (Wildman–Crippen MR) is 97.3 cm³/mol. The molecule has 0 saturated heterocycles. The van der Waals surface area contributed by atoms with Crippen LogP contribution >= 0.6 is 0 Å². The van der Waals surface area contributed by atoms with E-state index in [1.165, 1.54) is 70.6 Å². The minimum atomic E-state index is 0.0625. The summed E-state index contributed by atoms with van der Waals surface area (Å²) in [6.45, 7) is 7.00. The van der Waals surface area contributed by atoms with Crippen molar-refractivity contribution >= 4 is 5.78 Å². The molecule has 3 aliphatic rings. The van der Waals surface area contributed by atoms with Crippen molar-refractivity contribution in [3.8, 4) is 0 Å². The molecule has 3 fully saturated rings. The molecule has 132 valence electrons. The Morgan fingerprint density at radius 2 is 1.78 bits per heavy atom. The first-order valence-electron chi connectivity index (χ1n) is 10.6. The lowest BCUT2D eigenvalue weighted by molar-refractivity contribution is -0.132. The standard InChI is InChI=1S/C22H38O/c1-4-6-7-9-16-10-11-19-18(17(16)8-5-2)14-15-22(3)20(19)12-13-21(22)23/h16-20H,4-15H2,1-3H3. The second-order valence-corrected chi connectivity index (χ2v) is 9.14. The van der Waals surface area contributed by atoms with Gasteiger partial charge in [-0.25, -0.2) is 0 Å². The van der Waals surface area contributed by atoms with Crippen LogP contribution in [0.1, 0.15) is 97.8 Å². The van der Waals surface area contributed by atoms with Gasteiger partial charge in [0.2, 0.25) is 0 Å². The monoisotopic (exact) mass is 318 g/mol. The van der Waals surface area contributed by atoms with Gasteiger partial charge in [0.05, 0.1) is 0 Å². The lowest BCUT2D eigenvalue weighted by Crippen LogP contribution is -2.47. The van der Waals surface area contributed by atoms with E-state index >= 15 is 0 Å². The molecule has 3 saturated carbocycles. The third-order valence-electron chi connectivity index (χ3n) is 8.03. The van der Waals surface area contributed by atoms with Gasteiger partial charge in [0.25, 0.3) is 0 Å². The lowest BCUT2D eigenvalue weighted by atomic mass is 9.51. The highest BCUT2D eigenvalue weighted by atomic mass is 16.1. The highest BCUT2D eigenvalue weighted by molar-refractivity contribution is 5.87. The maximum absolute atomic E-state index is 12.5. The molecule has 0 bridgehead atoms. The number of rotatable bonds is 6. The van der Waals surface area contributed by atoms with Crippen LogP contribution in [0.25, 0.3) is 0 Å². The Morgan fingerprint density at radius 1 is 0.957 bits per heavy atom. The molecule has 6 atom stereocenters. The fraction of sp³-hybridized carbons (Fsp3) is 0.955. The smallest absolute Gasteiger partial charge is 0.139 e. The van der Waals surface area contributed by atoms with Crippen LogP contribution in [0.2, 0.25) is 0 Å². The topological polar surface area (TPSA) is 17.1 Å². The van der Waals surface area contributed by atoms with Gasteiger partial charge in [-0.05, 0) is 61.7 Å². The van der Waals surface area contributed by atoms with Crippen LogP contribution in [-0.4, -0.2) is 5.78 Å². The van der Waals surface area contributed by atoms with Crippen LogP contribution in [0.15, 0.2) is 0 Å². The molecule has 0 aromatic heterocycles. The summed E-state index contributed by atoms with van der Waals surface area (Å²) in [4.78, 5) is 12.5. The van der Waals surface area contributed by atoms with Crippen molar-refractivity contribution in [2.75, 3.05) is 0 Å². The van der Waals surface area contributed by atoms with Crippen molar-refractivity contribution in [3.05, 3.63) is 0 Å².